The summed E-state index contributed by atoms with van der Waals surface area (Å²) in [5.74, 6) is 1.21. The Morgan fingerprint density at radius 3 is 2.56 bits per heavy atom. The summed E-state index contributed by atoms with van der Waals surface area (Å²) in [6, 6.07) is 6.04. The fourth-order valence-corrected chi connectivity index (χ4v) is 2.80. The average Bonchev–Trinajstić information content (AvgIpc) is 2.67. The Bertz CT molecular complexity index is 566. The number of hydrogen-bond donors (Lipinski definition) is 1. The smallest absolute Gasteiger partial charge is 0.193 e. The molecule has 0 bridgehead atoms. The van der Waals surface area contributed by atoms with Gasteiger partial charge in [-0.3, -0.25) is 4.99 Å². The molecule has 0 spiro atoms. The molecule has 1 N–H and O–H groups in total. The van der Waals surface area contributed by atoms with Crippen LogP contribution in [0.2, 0.25) is 0 Å². The van der Waals surface area contributed by atoms with E-state index in [0.717, 1.165) is 25.3 Å². The molecule has 27 heavy (non-hydrogen) atoms. The van der Waals surface area contributed by atoms with Crippen LogP contribution in [-0.2, 0) is 9.47 Å². The third-order valence-corrected chi connectivity index (χ3v) is 4.56. The van der Waals surface area contributed by atoms with Gasteiger partial charge in [-0.15, -0.1) is 24.0 Å². The van der Waals surface area contributed by atoms with Crippen LogP contribution < -0.4 is 10.1 Å². The van der Waals surface area contributed by atoms with E-state index in [0.29, 0.717) is 38.7 Å². The maximum Gasteiger partial charge on any atom is 0.193 e. The number of hydrogen-bond acceptors (Lipinski definition) is 4. The number of halogens is 2. The number of ether oxygens (including phenoxy) is 3. The van der Waals surface area contributed by atoms with E-state index in [2.05, 4.69) is 5.32 Å². The minimum Gasteiger partial charge on any atom is -0.492 e. The van der Waals surface area contributed by atoms with E-state index < -0.39 is 0 Å². The normalized spacial score (nSPS) is 16.4. The van der Waals surface area contributed by atoms with Crippen molar-refractivity contribution >= 4 is 29.9 Å². The molecule has 6 nitrogen and oxygen atoms in total. The number of methoxy groups -OCH3 is 1. The van der Waals surface area contributed by atoms with Gasteiger partial charge in [0.2, 0.25) is 0 Å². The highest BCUT2D eigenvalue weighted by Crippen LogP contribution is 2.24. The number of likely N-dealkylation sites (N-methyl/N-ethyl adjacent to an activating group) is 1. The summed E-state index contributed by atoms with van der Waals surface area (Å²) in [5, 5.41) is 3.30. The molecule has 0 radical (unpaired) electrons. The molecular formula is C19H31FIN3O3. The van der Waals surface area contributed by atoms with Gasteiger partial charge in [-0.05, 0) is 31.2 Å². The van der Waals surface area contributed by atoms with Crippen LogP contribution in [0.3, 0.4) is 0 Å². The molecule has 0 unspecified atom stereocenters. The third-order valence-electron chi connectivity index (χ3n) is 4.56. The van der Waals surface area contributed by atoms with Crippen molar-refractivity contribution in [3.05, 3.63) is 30.1 Å². The van der Waals surface area contributed by atoms with Gasteiger partial charge in [-0.25, -0.2) is 4.39 Å². The summed E-state index contributed by atoms with van der Waals surface area (Å²) >= 11 is 0. The summed E-state index contributed by atoms with van der Waals surface area (Å²) in [5.41, 5.74) is -0.246. The first-order valence-corrected chi connectivity index (χ1v) is 9.09. The number of benzene rings is 1. The average molecular weight is 495 g/mol. The van der Waals surface area contributed by atoms with E-state index in [1.165, 1.54) is 12.1 Å². The first-order valence-electron chi connectivity index (χ1n) is 9.09. The van der Waals surface area contributed by atoms with Crippen molar-refractivity contribution in [2.24, 2.45) is 4.99 Å². The summed E-state index contributed by atoms with van der Waals surface area (Å²) in [7, 11) is 3.72. The maximum absolute atomic E-state index is 12.9. The molecule has 1 saturated heterocycles. The van der Waals surface area contributed by atoms with Crippen molar-refractivity contribution in [2.75, 3.05) is 53.6 Å². The summed E-state index contributed by atoms with van der Waals surface area (Å²) in [6.07, 6.45) is 1.70. The van der Waals surface area contributed by atoms with Crippen molar-refractivity contribution < 1.29 is 18.6 Å². The van der Waals surface area contributed by atoms with Crippen LogP contribution in [0, 0.1) is 5.82 Å². The fourth-order valence-electron chi connectivity index (χ4n) is 2.80. The standard InChI is InChI=1S/C19H30FN3O3.HI/c1-4-21-18(22-15-19(24-3)9-12-25-13-10-19)23(2)11-14-26-17-7-5-16(20)6-8-17;/h5-8H,4,9-15H2,1-3H3,(H,21,22);1H. The summed E-state index contributed by atoms with van der Waals surface area (Å²) < 4.78 is 29.8. The first kappa shape index (κ1) is 23.9. The van der Waals surface area contributed by atoms with Gasteiger partial charge in [0, 0.05) is 46.8 Å². The monoisotopic (exact) mass is 495 g/mol. The number of guanidine groups is 1. The molecule has 0 amide bonds. The van der Waals surface area contributed by atoms with Crippen molar-refractivity contribution in [3.63, 3.8) is 0 Å². The highest BCUT2D eigenvalue weighted by Gasteiger charge is 2.32. The summed E-state index contributed by atoms with van der Waals surface area (Å²) in [4.78, 5) is 6.79. The van der Waals surface area contributed by atoms with E-state index in [1.807, 2.05) is 18.9 Å². The molecule has 1 aliphatic rings. The minimum atomic E-state index is -0.267. The number of rotatable bonds is 8. The zero-order valence-corrected chi connectivity index (χ0v) is 18.7. The molecular weight excluding hydrogens is 464 g/mol. The SMILES string of the molecule is CCNC(=NCC1(OC)CCOCC1)N(C)CCOc1ccc(F)cc1.I. The largest absolute Gasteiger partial charge is 0.492 e. The molecule has 1 aromatic rings. The highest BCUT2D eigenvalue weighted by molar-refractivity contribution is 14.0. The van der Waals surface area contributed by atoms with Gasteiger partial charge < -0.3 is 24.4 Å². The van der Waals surface area contributed by atoms with Crippen LogP contribution in [0.4, 0.5) is 4.39 Å². The van der Waals surface area contributed by atoms with Gasteiger partial charge in [0.05, 0.1) is 18.7 Å². The van der Waals surface area contributed by atoms with Crippen molar-refractivity contribution in [1.29, 1.82) is 0 Å². The molecule has 0 saturated carbocycles. The van der Waals surface area contributed by atoms with Crippen molar-refractivity contribution in [3.8, 4) is 5.75 Å². The fraction of sp³-hybridized carbons (Fsp3) is 0.632. The Kier molecular flexibility index (Phi) is 10.9. The lowest BCUT2D eigenvalue weighted by molar-refractivity contribution is -0.0829. The van der Waals surface area contributed by atoms with E-state index in [-0.39, 0.29) is 35.4 Å². The second kappa shape index (κ2) is 12.4. The molecule has 1 fully saturated rings. The van der Waals surface area contributed by atoms with E-state index in [1.54, 1.807) is 19.2 Å². The molecule has 2 rings (SSSR count). The van der Waals surface area contributed by atoms with Gasteiger partial charge in [0.25, 0.3) is 0 Å². The quantitative estimate of drug-likeness (QED) is 0.342. The number of nitrogens with one attached hydrogen (secondary N) is 1. The second-order valence-electron chi connectivity index (χ2n) is 6.39. The molecule has 154 valence electrons. The maximum atomic E-state index is 12.9. The third kappa shape index (κ3) is 7.79. The Hall–Kier alpha value is -1.13. The highest BCUT2D eigenvalue weighted by atomic mass is 127. The van der Waals surface area contributed by atoms with Crippen LogP contribution in [-0.4, -0.2) is 70.1 Å². The minimum absolute atomic E-state index is 0. The van der Waals surface area contributed by atoms with Gasteiger partial charge in [0.15, 0.2) is 5.96 Å². The molecule has 1 heterocycles. The molecule has 0 aliphatic carbocycles. The molecule has 0 atom stereocenters. The van der Waals surface area contributed by atoms with Gasteiger partial charge in [0.1, 0.15) is 18.2 Å². The first-order chi connectivity index (χ1) is 12.6. The Morgan fingerprint density at radius 1 is 1.30 bits per heavy atom. The van der Waals surface area contributed by atoms with E-state index in [9.17, 15) is 4.39 Å². The lowest BCUT2D eigenvalue weighted by Gasteiger charge is -2.35. The molecule has 1 aromatic carbocycles. The number of aliphatic imine (C=N–C) groups is 1. The topological polar surface area (TPSA) is 55.3 Å². The second-order valence-corrected chi connectivity index (χ2v) is 6.39. The Morgan fingerprint density at radius 2 is 1.96 bits per heavy atom. The van der Waals surface area contributed by atoms with Crippen LogP contribution in [0.15, 0.2) is 29.3 Å². The van der Waals surface area contributed by atoms with Crippen LogP contribution in [0.25, 0.3) is 0 Å². The lowest BCUT2D eigenvalue weighted by atomic mass is 9.94. The Labute approximate surface area is 178 Å². The molecule has 1 aliphatic heterocycles. The van der Waals surface area contributed by atoms with Gasteiger partial charge in [-0.1, -0.05) is 0 Å². The predicted molar refractivity (Wildman–Crippen MR) is 116 cm³/mol. The van der Waals surface area contributed by atoms with E-state index in [4.69, 9.17) is 19.2 Å². The zero-order valence-electron chi connectivity index (χ0n) is 16.4. The zero-order chi connectivity index (χ0) is 18.8. The molecule has 8 heteroatoms. The van der Waals surface area contributed by atoms with Crippen LogP contribution >= 0.6 is 24.0 Å². The van der Waals surface area contributed by atoms with Crippen LogP contribution in [0.5, 0.6) is 5.75 Å². The van der Waals surface area contributed by atoms with E-state index >= 15 is 0 Å². The predicted octanol–water partition coefficient (Wildman–Crippen LogP) is 2.92. The number of nitrogens with zero attached hydrogens (tertiary/aromatic N) is 2. The van der Waals surface area contributed by atoms with Gasteiger partial charge in [-0.2, -0.15) is 0 Å². The Balaban J connectivity index is 0.00000364. The van der Waals surface area contributed by atoms with Crippen molar-refractivity contribution in [1.82, 2.24) is 10.2 Å². The van der Waals surface area contributed by atoms with Crippen LogP contribution in [0.1, 0.15) is 19.8 Å². The molecule has 0 aromatic heterocycles. The summed E-state index contributed by atoms with van der Waals surface area (Å²) in [6.45, 7) is 5.98. The van der Waals surface area contributed by atoms with Crippen molar-refractivity contribution in [2.45, 2.75) is 25.4 Å². The van der Waals surface area contributed by atoms with Gasteiger partial charge >= 0.3 is 0 Å². The lowest BCUT2D eigenvalue weighted by Crippen LogP contribution is -2.45.